The second-order valence-electron chi connectivity index (χ2n) is 2.44. The smallest absolute Gasteiger partial charge is 0.337 e. The lowest BCUT2D eigenvalue weighted by atomic mass is 10.3. The van der Waals surface area contributed by atoms with Crippen molar-refractivity contribution >= 4 is 12.2 Å². The molecule has 13 heavy (non-hydrogen) atoms. The molecule has 1 aromatic rings. The van der Waals surface area contributed by atoms with Crippen molar-refractivity contribution in [3.63, 3.8) is 0 Å². The third kappa shape index (κ3) is 3.85. The maximum Gasteiger partial charge on any atom is 0.337 e. The Bertz CT molecular complexity index is 309. The number of aromatic nitrogens is 1. The van der Waals surface area contributed by atoms with Gasteiger partial charge < -0.3 is 22.1 Å². The van der Waals surface area contributed by atoms with Crippen LogP contribution in [0.15, 0.2) is 36.2 Å². The first-order chi connectivity index (χ1) is 5.70. The van der Waals surface area contributed by atoms with Gasteiger partial charge in [-0.05, 0) is 6.92 Å². The predicted octanol–water partition coefficient (Wildman–Crippen LogP) is -2.08. The first-order valence-electron chi connectivity index (χ1n) is 3.57. The Morgan fingerprint density at radius 3 is 2.31 bits per heavy atom. The van der Waals surface area contributed by atoms with Crippen molar-refractivity contribution < 1.29 is 31.4 Å². The van der Waals surface area contributed by atoms with Crippen LogP contribution in [0.2, 0.25) is 0 Å². The van der Waals surface area contributed by atoms with Crippen LogP contribution in [0.1, 0.15) is 6.92 Å². The summed E-state index contributed by atoms with van der Waals surface area (Å²) in [5.41, 5.74) is 0.311. The molecular weight excluding hydrogens is 234 g/mol. The van der Waals surface area contributed by atoms with Crippen LogP contribution >= 0.6 is 0 Å². The molecule has 0 unspecified atom stereocenters. The molecule has 1 aromatic heterocycles. The van der Waals surface area contributed by atoms with Crippen LogP contribution in [-0.4, -0.2) is 11.1 Å². The van der Waals surface area contributed by atoms with E-state index in [1.807, 2.05) is 18.2 Å². The number of nitrogens with zero attached hydrogens (tertiary/aromatic N) is 1. The quantitative estimate of drug-likeness (QED) is 0.479. The zero-order chi connectivity index (χ0) is 8.97. The molecule has 0 spiro atoms. The van der Waals surface area contributed by atoms with Crippen LogP contribution in [0, 0.1) is 0 Å². The molecule has 0 amide bonds. The summed E-state index contributed by atoms with van der Waals surface area (Å²) in [7, 11) is 0. The van der Waals surface area contributed by atoms with Gasteiger partial charge in [-0.15, -0.1) is 0 Å². The van der Waals surface area contributed by atoms with E-state index in [0.717, 1.165) is 0 Å². The van der Waals surface area contributed by atoms with Gasteiger partial charge in [0.25, 0.3) is 0 Å². The van der Waals surface area contributed by atoms with Gasteiger partial charge in [0, 0.05) is 12.1 Å². The first-order valence-corrected chi connectivity index (χ1v) is 3.57. The average molecular weight is 244 g/mol. The summed E-state index contributed by atoms with van der Waals surface area (Å²) < 4.78 is 1.70. The van der Waals surface area contributed by atoms with Gasteiger partial charge >= 0.3 is 5.97 Å². The van der Waals surface area contributed by atoms with Crippen molar-refractivity contribution in [1.82, 2.24) is 0 Å². The van der Waals surface area contributed by atoms with E-state index in [1.165, 1.54) is 0 Å². The minimum absolute atomic E-state index is 0. The molecule has 1 rings (SSSR count). The van der Waals surface area contributed by atoms with E-state index >= 15 is 0 Å². The van der Waals surface area contributed by atoms with Crippen LogP contribution in [0.3, 0.4) is 0 Å². The standard InChI is InChI=1S/C9H9NO2.BrH/c1-8(9(11)12)7-10-5-3-2-4-6-10;/h2-7H,1H3;1H/b8-7+;. The number of pyridine rings is 1. The SMILES string of the molecule is C/C(=C\[n+]1ccccc1)C(=O)O.[Br-]. The number of carbonyl (C=O) groups is 1. The maximum absolute atomic E-state index is 10.4. The molecule has 0 aliphatic heterocycles. The number of rotatable bonds is 2. The molecule has 0 saturated carbocycles. The normalized spacial score (nSPS) is 10.4. The molecule has 0 radical (unpaired) electrons. The van der Waals surface area contributed by atoms with Crippen LogP contribution in [0.5, 0.6) is 0 Å². The highest BCUT2D eigenvalue weighted by Crippen LogP contribution is 1.90. The Morgan fingerprint density at radius 2 is 1.85 bits per heavy atom. The van der Waals surface area contributed by atoms with Crippen molar-refractivity contribution in [2.24, 2.45) is 0 Å². The van der Waals surface area contributed by atoms with Crippen LogP contribution in [-0.2, 0) is 4.79 Å². The fraction of sp³-hybridized carbons (Fsp3) is 0.111. The summed E-state index contributed by atoms with van der Waals surface area (Å²) in [6.07, 6.45) is 5.13. The highest BCUT2D eigenvalue weighted by molar-refractivity contribution is 5.88. The van der Waals surface area contributed by atoms with Crippen molar-refractivity contribution in [3.8, 4) is 0 Å². The van der Waals surface area contributed by atoms with E-state index in [2.05, 4.69) is 0 Å². The van der Waals surface area contributed by atoms with Gasteiger partial charge in [-0.3, -0.25) is 0 Å². The lowest BCUT2D eigenvalue weighted by molar-refractivity contribution is -0.568. The van der Waals surface area contributed by atoms with Gasteiger partial charge in [0.15, 0.2) is 18.6 Å². The fourth-order valence-electron chi connectivity index (χ4n) is 0.777. The molecule has 1 heterocycles. The van der Waals surface area contributed by atoms with Crippen molar-refractivity contribution in [3.05, 3.63) is 36.2 Å². The molecule has 1 N–H and O–H groups in total. The molecule has 0 fully saturated rings. The zero-order valence-corrected chi connectivity index (χ0v) is 8.73. The van der Waals surface area contributed by atoms with Crippen molar-refractivity contribution in [2.75, 3.05) is 0 Å². The largest absolute Gasteiger partial charge is 1.00 e. The Morgan fingerprint density at radius 1 is 1.31 bits per heavy atom. The maximum atomic E-state index is 10.4. The lowest BCUT2D eigenvalue weighted by Crippen LogP contribution is -3.00. The fourth-order valence-corrected chi connectivity index (χ4v) is 0.777. The minimum atomic E-state index is -0.897. The number of carboxylic acids is 1. The Balaban J connectivity index is 0.00000144. The Labute approximate surface area is 87.1 Å². The molecule has 0 aliphatic rings. The second-order valence-corrected chi connectivity index (χ2v) is 2.44. The summed E-state index contributed by atoms with van der Waals surface area (Å²) in [5, 5.41) is 8.56. The molecule has 4 heteroatoms. The monoisotopic (exact) mass is 243 g/mol. The van der Waals surface area contributed by atoms with E-state index in [0.29, 0.717) is 5.57 Å². The number of halogens is 1. The van der Waals surface area contributed by atoms with E-state index in [-0.39, 0.29) is 17.0 Å². The number of hydrogen-bond acceptors (Lipinski definition) is 1. The Hall–Kier alpha value is -1.16. The van der Waals surface area contributed by atoms with Gasteiger partial charge in [0.1, 0.15) is 0 Å². The van der Waals surface area contributed by atoms with Crippen LogP contribution in [0.4, 0.5) is 0 Å². The topological polar surface area (TPSA) is 41.2 Å². The van der Waals surface area contributed by atoms with Gasteiger partial charge in [0.05, 0.1) is 5.57 Å². The first kappa shape index (κ1) is 11.8. The van der Waals surface area contributed by atoms with E-state index in [1.54, 1.807) is 30.1 Å². The highest BCUT2D eigenvalue weighted by Gasteiger charge is 2.03. The predicted molar refractivity (Wildman–Crippen MR) is 44.2 cm³/mol. The molecule has 0 bridgehead atoms. The minimum Gasteiger partial charge on any atom is -1.00 e. The van der Waals surface area contributed by atoms with Crippen LogP contribution in [0.25, 0.3) is 6.20 Å². The van der Waals surface area contributed by atoms with Gasteiger partial charge in [-0.25, -0.2) is 4.79 Å². The summed E-state index contributed by atoms with van der Waals surface area (Å²) in [6, 6.07) is 5.55. The molecular formula is C9H10BrNO2. The Kier molecular flexibility index (Phi) is 4.99. The summed E-state index contributed by atoms with van der Waals surface area (Å²) in [4.78, 5) is 10.4. The van der Waals surface area contributed by atoms with Crippen molar-refractivity contribution in [1.29, 1.82) is 0 Å². The molecule has 0 aromatic carbocycles. The van der Waals surface area contributed by atoms with Gasteiger partial charge in [-0.2, -0.15) is 4.57 Å². The van der Waals surface area contributed by atoms with Gasteiger partial charge in [-0.1, -0.05) is 6.07 Å². The summed E-state index contributed by atoms with van der Waals surface area (Å²) in [6.45, 7) is 1.56. The zero-order valence-electron chi connectivity index (χ0n) is 7.14. The van der Waals surface area contributed by atoms with E-state index in [4.69, 9.17) is 5.11 Å². The number of hydrogen-bond donors (Lipinski definition) is 1. The average Bonchev–Trinajstić information content (AvgIpc) is 2.06. The number of aliphatic carboxylic acids is 1. The summed E-state index contributed by atoms with van der Waals surface area (Å²) in [5.74, 6) is -0.897. The molecule has 70 valence electrons. The lowest BCUT2D eigenvalue weighted by Gasteiger charge is -1.88. The summed E-state index contributed by atoms with van der Waals surface area (Å²) >= 11 is 0. The van der Waals surface area contributed by atoms with Crippen molar-refractivity contribution in [2.45, 2.75) is 6.92 Å². The second kappa shape index (κ2) is 5.48. The van der Waals surface area contributed by atoms with E-state index < -0.39 is 5.97 Å². The van der Waals surface area contributed by atoms with Crippen LogP contribution < -0.4 is 21.5 Å². The highest BCUT2D eigenvalue weighted by atomic mass is 79.9. The molecule has 0 atom stereocenters. The molecule has 0 saturated heterocycles. The third-order valence-electron chi connectivity index (χ3n) is 1.42. The number of carboxylic acid groups (broad SMARTS) is 1. The van der Waals surface area contributed by atoms with E-state index in [9.17, 15) is 4.79 Å². The molecule has 3 nitrogen and oxygen atoms in total. The third-order valence-corrected chi connectivity index (χ3v) is 1.42. The molecule has 0 aliphatic carbocycles. The van der Waals surface area contributed by atoms with Gasteiger partial charge in [0.2, 0.25) is 0 Å².